The Morgan fingerprint density at radius 3 is 2.10 bits per heavy atom. The van der Waals surface area contributed by atoms with E-state index in [1.54, 1.807) is 18.2 Å². The molecule has 21 heteroatoms. The summed E-state index contributed by atoms with van der Waals surface area (Å²) < 4.78 is 13.0. The first kappa shape index (κ1) is 58.9. The van der Waals surface area contributed by atoms with Gasteiger partial charge in [-0.1, -0.05) is 43.9 Å². The fourth-order valence-corrected chi connectivity index (χ4v) is 9.19. The molecule has 7 amide bonds. The number of carboxylic acid groups (broad SMARTS) is 1. The van der Waals surface area contributed by atoms with E-state index in [2.05, 4.69) is 21.3 Å². The van der Waals surface area contributed by atoms with Gasteiger partial charge in [-0.3, -0.25) is 38.5 Å². The van der Waals surface area contributed by atoms with Gasteiger partial charge in [-0.05, 0) is 93.3 Å². The molecule has 77 heavy (non-hydrogen) atoms. The number of carbonyl (C=O) groups is 8. The van der Waals surface area contributed by atoms with Crippen LogP contribution in [0.15, 0.2) is 91.3 Å². The molecular weight excluding hydrogens is 995 g/mol. The molecule has 0 radical (unpaired) electrons. The fourth-order valence-electron chi connectivity index (χ4n) is 9.19. The zero-order valence-corrected chi connectivity index (χ0v) is 43.3. The highest BCUT2D eigenvalue weighted by Gasteiger charge is 2.48. The second kappa shape index (κ2) is 30.4. The zero-order valence-electron chi connectivity index (χ0n) is 43.3. The van der Waals surface area contributed by atoms with Gasteiger partial charge in [0, 0.05) is 99.5 Å². The highest BCUT2D eigenvalue weighted by molar-refractivity contribution is 6.12. The van der Waals surface area contributed by atoms with Crippen molar-refractivity contribution in [2.45, 2.75) is 127 Å². The molecule has 2 fully saturated rings. The molecule has 2 aromatic carbocycles. The number of aliphatic hydroxyl groups is 3. The van der Waals surface area contributed by atoms with Crippen LogP contribution >= 0.6 is 0 Å². The van der Waals surface area contributed by atoms with Gasteiger partial charge < -0.3 is 56.1 Å². The number of likely N-dealkylation sites (tertiary alicyclic amines) is 1. The van der Waals surface area contributed by atoms with Crippen LogP contribution in [0.25, 0.3) is 6.08 Å². The molecule has 0 bridgehead atoms. The zero-order chi connectivity index (χ0) is 55.1. The van der Waals surface area contributed by atoms with E-state index in [4.69, 9.17) is 9.47 Å². The number of nitrogens with zero attached hydrogens (tertiary/aromatic N) is 3. The smallest absolute Gasteiger partial charge is 0.335 e. The Hall–Kier alpha value is -7.33. The van der Waals surface area contributed by atoms with Crippen LogP contribution in [0, 0.1) is 5.92 Å². The second-order valence-electron chi connectivity index (χ2n) is 19.5. The van der Waals surface area contributed by atoms with Gasteiger partial charge in [0.1, 0.15) is 24.1 Å². The van der Waals surface area contributed by atoms with Crippen LogP contribution in [0.2, 0.25) is 0 Å². The monoisotopic (exact) mass is 1070 g/mol. The van der Waals surface area contributed by atoms with Gasteiger partial charge in [0.25, 0.3) is 17.7 Å². The van der Waals surface area contributed by atoms with Crippen LogP contribution in [0.3, 0.4) is 0 Å². The first-order chi connectivity index (χ1) is 37.1. The maximum Gasteiger partial charge on any atom is 0.335 e. The van der Waals surface area contributed by atoms with E-state index >= 15 is 0 Å². The summed E-state index contributed by atoms with van der Waals surface area (Å²) in [6, 6.07) is 17.7. The van der Waals surface area contributed by atoms with E-state index in [0.29, 0.717) is 81.6 Å². The van der Waals surface area contributed by atoms with E-state index in [1.165, 1.54) is 29.2 Å². The number of aliphatic hydroxyl groups excluding tert-OH is 3. The summed E-state index contributed by atoms with van der Waals surface area (Å²) in [6.45, 7) is 3.11. The third-order valence-corrected chi connectivity index (χ3v) is 13.6. The minimum absolute atomic E-state index is 0.00165. The molecule has 3 aromatic rings. The van der Waals surface area contributed by atoms with Gasteiger partial charge >= 0.3 is 5.97 Å². The van der Waals surface area contributed by atoms with Gasteiger partial charge in [0.05, 0.1) is 5.69 Å². The Kier molecular flexibility index (Phi) is 23.3. The lowest BCUT2D eigenvalue weighted by atomic mass is 9.91. The average Bonchev–Trinajstić information content (AvgIpc) is 3.75. The summed E-state index contributed by atoms with van der Waals surface area (Å²) in [6.07, 6.45) is 8.95. The van der Waals surface area contributed by atoms with Crippen molar-refractivity contribution in [1.82, 2.24) is 25.8 Å². The number of imide groups is 1. The predicted molar refractivity (Wildman–Crippen MR) is 280 cm³/mol. The maximum absolute atomic E-state index is 13.3. The van der Waals surface area contributed by atoms with Crippen LogP contribution in [0.1, 0.15) is 111 Å². The quantitative estimate of drug-likeness (QED) is 0.0215. The highest BCUT2D eigenvalue weighted by Crippen LogP contribution is 2.31. The highest BCUT2D eigenvalue weighted by atomic mass is 16.7. The number of aliphatic carboxylic acids is 1. The first-order valence-electron chi connectivity index (χ1n) is 26.5. The van der Waals surface area contributed by atoms with Crippen LogP contribution in [-0.4, -0.2) is 148 Å². The molecule has 8 N–H and O–H groups in total. The van der Waals surface area contributed by atoms with E-state index in [9.17, 15) is 58.8 Å². The molecule has 21 nitrogen and oxygen atoms in total. The van der Waals surface area contributed by atoms with Crippen molar-refractivity contribution in [1.29, 1.82) is 0 Å². The Morgan fingerprint density at radius 1 is 0.714 bits per heavy atom. The maximum atomic E-state index is 13.3. The number of hydrogen-bond donors (Lipinski definition) is 8. The number of carbonyl (C=O) groups excluding carboxylic acids is 7. The molecule has 3 aliphatic heterocycles. The number of amides is 7. The van der Waals surface area contributed by atoms with Crippen molar-refractivity contribution in [3.05, 3.63) is 108 Å². The number of unbranched alkanes of at least 4 members (excludes halogenated alkanes) is 5. The van der Waals surface area contributed by atoms with Crippen LogP contribution in [-0.2, 0) is 44.8 Å². The largest absolute Gasteiger partial charge is 0.479 e. The van der Waals surface area contributed by atoms with Crippen molar-refractivity contribution in [3.63, 3.8) is 0 Å². The topological polar surface area (TPSA) is 294 Å². The van der Waals surface area contributed by atoms with Gasteiger partial charge in [-0.25, -0.2) is 9.36 Å². The minimum Gasteiger partial charge on any atom is -0.479 e. The summed E-state index contributed by atoms with van der Waals surface area (Å²) in [4.78, 5) is 102. The summed E-state index contributed by atoms with van der Waals surface area (Å²) in [7, 11) is 0. The molecule has 2 saturated heterocycles. The predicted octanol–water partition coefficient (Wildman–Crippen LogP) is 2.75. The molecular formula is C56H72N7O14+. The van der Waals surface area contributed by atoms with Crippen molar-refractivity contribution in [2.24, 2.45) is 5.92 Å². The van der Waals surface area contributed by atoms with Crippen molar-refractivity contribution >= 4 is 59.1 Å². The fraction of sp³-hybridized carbons (Fsp3) is 0.482. The summed E-state index contributed by atoms with van der Waals surface area (Å²) >= 11 is 0. The molecule has 4 heterocycles. The number of nitrogens with one attached hydrogen (secondary N) is 4. The third-order valence-electron chi connectivity index (χ3n) is 13.6. The van der Waals surface area contributed by atoms with Crippen LogP contribution in [0.5, 0.6) is 5.75 Å². The van der Waals surface area contributed by atoms with E-state index in [0.717, 1.165) is 50.8 Å². The van der Waals surface area contributed by atoms with Crippen LogP contribution < -0.4 is 30.6 Å². The number of rotatable bonds is 29. The standard InChI is InChI=1S/C56H71N7O14/c64-44(18-7-3-11-32-63-48(68)23-24-49(63)69)57-28-9-2-6-17-45(65)59-30-25-47(67)60-42-35-40(19-21-43(42)76-56-52(72)50(70)51(71)53(77-56)55(74)75)37-61-31-12-14-39(36-61)20-22-46(66)58-29-10-8-13-38-26-33-62(34-27-38)54(73)41-15-4-1-5-16-41/h1,4-5,12,14-16,19-24,31,35-36,38,50-53,56,70-72H,2-3,6-11,13,17-18,25-30,32-34,37H2,(H4-,57,58,59,60,64,65,66,67,74,75)/p+1/b22-20+/t50-,51-,52+,53-,56+/m0/s1. The lowest BCUT2D eigenvalue weighted by Crippen LogP contribution is -2.61. The second-order valence-corrected chi connectivity index (χ2v) is 19.5. The first-order valence-corrected chi connectivity index (χ1v) is 26.5. The summed E-state index contributed by atoms with van der Waals surface area (Å²) in [5, 5.41) is 52.1. The molecule has 414 valence electrons. The number of piperidine rings is 1. The SMILES string of the molecule is O=C(/C=C/c1ccc[n+](Cc2ccc(O[C@@H]3O[C@H](C(=O)O)[C@@H](O)[C@H](O)[C@H]3O)c(NC(=O)CCNC(=O)CCCCCNC(=O)CCCCCN3C(=O)C=CC3=O)c2)c1)NCCCCC1CCN(C(=O)c2ccccc2)CC1. The van der Waals surface area contributed by atoms with Gasteiger partial charge in [0.2, 0.25) is 29.9 Å². The molecule has 3 aliphatic rings. The van der Waals surface area contributed by atoms with Crippen LogP contribution in [0.4, 0.5) is 5.69 Å². The van der Waals surface area contributed by atoms with Crippen molar-refractivity contribution in [3.8, 4) is 5.75 Å². The normalized spacial score (nSPS) is 19.5. The van der Waals surface area contributed by atoms with E-state index in [-0.39, 0.29) is 72.8 Å². The molecule has 0 spiro atoms. The lowest BCUT2D eigenvalue weighted by molar-refractivity contribution is -0.688. The summed E-state index contributed by atoms with van der Waals surface area (Å²) in [5.74, 6) is -2.75. The molecule has 0 saturated carbocycles. The number of benzene rings is 2. The van der Waals surface area contributed by atoms with E-state index in [1.807, 2.05) is 64.3 Å². The van der Waals surface area contributed by atoms with Gasteiger partial charge in [-0.15, -0.1) is 0 Å². The summed E-state index contributed by atoms with van der Waals surface area (Å²) in [5.41, 5.74) is 2.23. The third kappa shape index (κ3) is 19.0. The number of anilines is 1. The van der Waals surface area contributed by atoms with Gasteiger partial charge in [0.15, 0.2) is 25.0 Å². The molecule has 5 atom stereocenters. The lowest BCUT2D eigenvalue weighted by Gasteiger charge is -2.38. The Labute approximate surface area is 447 Å². The molecule has 0 aliphatic carbocycles. The molecule has 6 rings (SSSR count). The Balaban J connectivity index is 0.921. The number of pyridine rings is 1. The van der Waals surface area contributed by atoms with Crippen molar-refractivity contribution < 1.29 is 72.8 Å². The average molecular weight is 1070 g/mol. The number of ether oxygens (including phenoxy) is 2. The molecule has 0 unspecified atom stereocenters. The Bertz CT molecular complexity index is 2550. The number of hydrogen-bond acceptors (Lipinski definition) is 13. The minimum atomic E-state index is -1.94. The molecule has 1 aromatic heterocycles. The number of aromatic nitrogens is 1. The van der Waals surface area contributed by atoms with Gasteiger partial charge in [-0.2, -0.15) is 0 Å². The van der Waals surface area contributed by atoms with Crippen molar-refractivity contribution in [2.75, 3.05) is 44.6 Å². The van der Waals surface area contributed by atoms with E-state index < -0.39 is 42.6 Å². The Morgan fingerprint density at radius 2 is 1.39 bits per heavy atom. The number of carboxylic acids is 1.